The van der Waals surface area contributed by atoms with Crippen LogP contribution in [0.4, 0.5) is 10.1 Å². The molecule has 0 spiro atoms. The van der Waals surface area contributed by atoms with Gasteiger partial charge in [0.15, 0.2) is 11.6 Å². The van der Waals surface area contributed by atoms with E-state index in [-0.39, 0.29) is 42.7 Å². The van der Waals surface area contributed by atoms with Gasteiger partial charge in [-0.3, -0.25) is 4.79 Å². The Kier molecular flexibility index (Phi) is 7.94. The van der Waals surface area contributed by atoms with Crippen LogP contribution < -0.4 is 14.3 Å². The van der Waals surface area contributed by atoms with Gasteiger partial charge in [0.1, 0.15) is 10.6 Å². The van der Waals surface area contributed by atoms with E-state index in [1.807, 2.05) is 6.07 Å². The van der Waals surface area contributed by atoms with Crippen molar-refractivity contribution in [3.63, 3.8) is 0 Å². The average molecular weight is 573 g/mol. The number of nitrogens with one attached hydrogen (secondary N) is 2. The highest BCUT2D eigenvalue weighted by Crippen LogP contribution is 2.35. The first-order chi connectivity index (χ1) is 15.6. The minimum absolute atomic E-state index is 0.0101. The average Bonchev–Trinajstić information content (AvgIpc) is 2.78. The van der Waals surface area contributed by atoms with E-state index in [2.05, 4.69) is 21.2 Å². The zero-order valence-corrected chi connectivity index (χ0v) is 20.3. The second kappa shape index (κ2) is 10.5. The third-order valence-electron chi connectivity index (χ3n) is 4.25. The molecule has 3 aromatic carbocycles. The number of hydrogen-bond acceptors (Lipinski definition) is 5. The van der Waals surface area contributed by atoms with Gasteiger partial charge < -0.3 is 10.1 Å². The lowest BCUT2D eigenvalue weighted by Gasteiger charge is -2.13. The number of anilines is 1. The second-order valence-electron chi connectivity index (χ2n) is 6.54. The number of hydrogen-bond donors (Lipinski definition) is 2. The van der Waals surface area contributed by atoms with Gasteiger partial charge in [0.2, 0.25) is 5.91 Å². The van der Waals surface area contributed by atoms with Crippen molar-refractivity contribution in [3.8, 4) is 17.6 Å². The van der Waals surface area contributed by atoms with Crippen LogP contribution in [0.25, 0.3) is 0 Å². The van der Waals surface area contributed by atoms with E-state index in [9.17, 15) is 13.2 Å². The molecule has 0 heterocycles. The Bertz CT molecular complexity index is 1380. The van der Waals surface area contributed by atoms with Gasteiger partial charge in [0.25, 0.3) is 10.0 Å². The summed E-state index contributed by atoms with van der Waals surface area (Å²) in [5.41, 5.74) is 0.196. The number of ether oxygens (including phenoxy) is 1. The molecule has 3 aromatic rings. The summed E-state index contributed by atoms with van der Waals surface area (Å²) >= 11 is 14.4. The van der Waals surface area contributed by atoms with Crippen LogP contribution in [-0.4, -0.2) is 14.3 Å². The van der Waals surface area contributed by atoms with Gasteiger partial charge in [0.05, 0.1) is 28.2 Å². The van der Waals surface area contributed by atoms with Crippen LogP contribution in [-0.2, 0) is 21.2 Å². The third kappa shape index (κ3) is 6.01. The largest absolute Gasteiger partial charge is 0.453 e. The molecule has 0 unspecified atom stereocenters. The Balaban J connectivity index is 1.86. The van der Waals surface area contributed by atoms with Crippen molar-refractivity contribution in [3.05, 3.63) is 81.0 Å². The number of sulfonamides is 1. The van der Waals surface area contributed by atoms with Gasteiger partial charge in [-0.15, -0.1) is 4.24 Å². The van der Waals surface area contributed by atoms with Gasteiger partial charge in [-0.05, 0) is 64.1 Å². The maximum absolute atomic E-state index is 15.2. The van der Waals surface area contributed by atoms with E-state index in [0.717, 1.165) is 0 Å². The predicted octanol–water partition coefficient (Wildman–Crippen LogP) is 5.52. The Morgan fingerprint density at radius 3 is 2.61 bits per heavy atom. The summed E-state index contributed by atoms with van der Waals surface area (Å²) < 4.78 is 46.8. The molecule has 7 nitrogen and oxygen atoms in total. The van der Waals surface area contributed by atoms with Crippen LogP contribution in [0.2, 0.25) is 5.02 Å². The van der Waals surface area contributed by atoms with E-state index in [4.69, 9.17) is 33.4 Å². The van der Waals surface area contributed by atoms with Crippen molar-refractivity contribution in [1.82, 2.24) is 4.24 Å². The summed E-state index contributed by atoms with van der Waals surface area (Å²) in [6.07, 6.45) is -0.419. The van der Waals surface area contributed by atoms with Crippen LogP contribution in [0.5, 0.6) is 11.5 Å². The number of halogens is 4. The lowest BCUT2D eigenvalue weighted by molar-refractivity contribution is -0.115. The minimum atomic E-state index is -4.05. The lowest BCUT2D eigenvalue weighted by Crippen LogP contribution is -2.20. The summed E-state index contributed by atoms with van der Waals surface area (Å²) in [4.78, 5) is 12.3. The predicted molar refractivity (Wildman–Crippen MR) is 125 cm³/mol. The number of nitriles is 1. The molecule has 1 amide bonds. The van der Waals surface area contributed by atoms with Gasteiger partial charge in [0, 0.05) is 10.6 Å². The fourth-order valence-electron chi connectivity index (χ4n) is 2.82. The van der Waals surface area contributed by atoms with Gasteiger partial charge in [-0.1, -0.05) is 29.8 Å². The lowest BCUT2D eigenvalue weighted by atomic mass is 10.1. The molecule has 0 aromatic heterocycles. The quantitative estimate of drug-likeness (QED) is 0.362. The fraction of sp³-hybridized carbons (Fsp3) is 0.0476. The summed E-state index contributed by atoms with van der Waals surface area (Å²) in [5, 5.41) is 11.7. The summed E-state index contributed by atoms with van der Waals surface area (Å²) in [6, 6.07) is 14.6. The Morgan fingerprint density at radius 2 is 1.91 bits per heavy atom. The molecule has 3 rings (SSSR count). The monoisotopic (exact) mass is 571 g/mol. The Labute approximate surface area is 207 Å². The molecule has 0 bridgehead atoms. The molecule has 12 heteroatoms. The standard InChI is InChI=1S/C21H13BrCl2FN3O4S/c22-16-6-5-13(20(25)21(16)32-15-8-12(11-26)7-14(23)10-15)9-19(29)27-17-3-1-2-4-18(17)33(30,31)28-24/h1-8,10,28H,9H2,(H,27,29). The molecule has 2 N–H and O–H groups in total. The number of amides is 1. The highest BCUT2D eigenvalue weighted by atomic mass is 79.9. The molecule has 0 fully saturated rings. The van der Waals surface area contributed by atoms with Crippen LogP contribution in [0.3, 0.4) is 0 Å². The minimum Gasteiger partial charge on any atom is -0.453 e. The highest BCUT2D eigenvalue weighted by molar-refractivity contribution is 9.10. The van der Waals surface area contributed by atoms with Crippen LogP contribution >= 0.6 is 39.3 Å². The first-order valence-corrected chi connectivity index (χ1v) is 12.0. The van der Waals surface area contributed by atoms with Crippen LogP contribution in [0.15, 0.2) is 64.0 Å². The van der Waals surface area contributed by atoms with E-state index in [0.29, 0.717) is 0 Å². The van der Waals surface area contributed by atoms with Crippen molar-refractivity contribution in [2.75, 3.05) is 5.32 Å². The molecule has 33 heavy (non-hydrogen) atoms. The SMILES string of the molecule is N#Cc1cc(Cl)cc(Oc2c(Br)ccc(CC(=O)Nc3ccccc3S(=O)(=O)NCl)c2F)c1. The smallest absolute Gasteiger partial charge is 0.255 e. The molecule has 0 aliphatic carbocycles. The van der Waals surface area contributed by atoms with E-state index >= 15 is 4.39 Å². The first kappa shape index (κ1) is 25.0. The van der Waals surface area contributed by atoms with Crippen molar-refractivity contribution >= 4 is 60.9 Å². The summed E-state index contributed by atoms with van der Waals surface area (Å²) in [5.74, 6) is -1.57. The van der Waals surface area contributed by atoms with E-state index < -0.39 is 28.2 Å². The second-order valence-corrected chi connectivity index (χ2v) is 9.90. The normalized spacial score (nSPS) is 11.0. The first-order valence-electron chi connectivity index (χ1n) is 9.01. The Morgan fingerprint density at radius 1 is 1.18 bits per heavy atom. The van der Waals surface area contributed by atoms with Gasteiger partial charge in [-0.25, -0.2) is 12.8 Å². The van der Waals surface area contributed by atoms with Crippen molar-refractivity contribution in [2.45, 2.75) is 11.3 Å². The number of benzene rings is 3. The molecule has 0 saturated heterocycles. The molecule has 0 aliphatic rings. The molecule has 0 radical (unpaired) electrons. The topological polar surface area (TPSA) is 108 Å². The van der Waals surface area contributed by atoms with Crippen LogP contribution in [0, 0.1) is 17.1 Å². The molecular formula is C21H13BrCl2FN3O4S. The number of para-hydroxylation sites is 1. The number of carbonyl (C=O) groups excluding carboxylic acids is 1. The number of rotatable bonds is 7. The van der Waals surface area contributed by atoms with Crippen LogP contribution in [0.1, 0.15) is 11.1 Å². The van der Waals surface area contributed by atoms with E-state index in [1.54, 1.807) is 4.24 Å². The zero-order valence-electron chi connectivity index (χ0n) is 16.4. The van der Waals surface area contributed by atoms with Crippen molar-refractivity contribution in [1.29, 1.82) is 5.26 Å². The maximum Gasteiger partial charge on any atom is 0.255 e. The van der Waals surface area contributed by atoms with Crippen molar-refractivity contribution < 1.29 is 22.3 Å². The number of carbonyl (C=O) groups is 1. The third-order valence-corrected chi connectivity index (χ3v) is 6.84. The molecule has 0 saturated carbocycles. The highest BCUT2D eigenvalue weighted by Gasteiger charge is 2.21. The number of nitrogens with zero attached hydrogens (tertiary/aromatic N) is 1. The molecule has 0 aliphatic heterocycles. The Hall–Kier alpha value is -2.68. The van der Waals surface area contributed by atoms with Crippen molar-refractivity contribution in [2.24, 2.45) is 0 Å². The van der Waals surface area contributed by atoms with Gasteiger partial charge in [-0.2, -0.15) is 5.26 Å². The maximum atomic E-state index is 15.2. The summed E-state index contributed by atoms with van der Waals surface area (Å²) in [6.45, 7) is 0. The zero-order chi connectivity index (χ0) is 24.2. The van der Waals surface area contributed by atoms with Gasteiger partial charge >= 0.3 is 0 Å². The fourth-order valence-corrected chi connectivity index (χ4v) is 4.43. The van der Waals surface area contributed by atoms with E-state index in [1.165, 1.54) is 54.6 Å². The molecule has 170 valence electrons. The molecular weight excluding hydrogens is 560 g/mol. The summed E-state index contributed by atoms with van der Waals surface area (Å²) in [7, 11) is -4.05. The molecule has 0 atom stereocenters.